The molecule has 0 saturated heterocycles. The first-order chi connectivity index (χ1) is 15.0. The third-order valence-corrected chi connectivity index (χ3v) is 6.01. The molecule has 0 aliphatic carbocycles. The van der Waals surface area contributed by atoms with Crippen molar-refractivity contribution in [1.29, 1.82) is 0 Å². The minimum atomic E-state index is -0.402. The van der Waals surface area contributed by atoms with Crippen molar-refractivity contribution in [3.05, 3.63) is 87.8 Å². The topological polar surface area (TPSA) is 72.7 Å². The zero-order chi connectivity index (χ0) is 21.5. The number of thiazole rings is 1. The summed E-state index contributed by atoms with van der Waals surface area (Å²) in [6.07, 6.45) is 1.49. The SMILES string of the molecule is Cc1cccc2cc([C@H](C)Nc3ncnc4scnc34)n(-c3cccc(F)c3)c(=O)c12. The Morgan fingerprint density at radius 3 is 2.77 bits per heavy atom. The molecule has 31 heavy (non-hydrogen) atoms. The highest BCUT2D eigenvalue weighted by Gasteiger charge is 2.19. The Balaban J connectivity index is 1.72. The molecule has 0 amide bonds. The number of nitrogens with one attached hydrogen (secondary N) is 1. The molecule has 0 bridgehead atoms. The van der Waals surface area contributed by atoms with E-state index in [9.17, 15) is 9.18 Å². The molecule has 0 radical (unpaired) electrons. The van der Waals surface area contributed by atoms with Crippen LogP contribution < -0.4 is 10.9 Å². The second-order valence-corrected chi connectivity index (χ2v) is 8.16. The summed E-state index contributed by atoms with van der Waals surface area (Å²) in [5.41, 5.74) is 4.24. The van der Waals surface area contributed by atoms with Gasteiger partial charge >= 0.3 is 0 Å². The van der Waals surface area contributed by atoms with Crippen LogP contribution in [0.1, 0.15) is 24.2 Å². The lowest BCUT2D eigenvalue weighted by Crippen LogP contribution is -2.26. The molecule has 5 rings (SSSR count). The third-order valence-electron chi connectivity index (χ3n) is 5.28. The highest BCUT2D eigenvalue weighted by Crippen LogP contribution is 2.28. The molecule has 0 fully saturated rings. The van der Waals surface area contributed by atoms with Crippen molar-refractivity contribution in [2.24, 2.45) is 0 Å². The molecule has 154 valence electrons. The van der Waals surface area contributed by atoms with Gasteiger partial charge < -0.3 is 5.32 Å². The van der Waals surface area contributed by atoms with E-state index in [4.69, 9.17) is 0 Å². The number of hydrogen-bond donors (Lipinski definition) is 1. The Kier molecular flexibility index (Phi) is 4.71. The minimum absolute atomic E-state index is 0.189. The van der Waals surface area contributed by atoms with Crippen molar-refractivity contribution in [3.63, 3.8) is 0 Å². The smallest absolute Gasteiger partial charge is 0.263 e. The quantitative estimate of drug-likeness (QED) is 0.433. The first kappa shape index (κ1) is 19.3. The highest BCUT2D eigenvalue weighted by atomic mass is 32.1. The van der Waals surface area contributed by atoms with E-state index < -0.39 is 5.82 Å². The van der Waals surface area contributed by atoms with Crippen molar-refractivity contribution in [2.75, 3.05) is 5.32 Å². The molecular weight excluding hydrogens is 413 g/mol. The van der Waals surface area contributed by atoms with Crippen molar-refractivity contribution < 1.29 is 4.39 Å². The largest absolute Gasteiger partial charge is 0.360 e. The van der Waals surface area contributed by atoms with E-state index >= 15 is 0 Å². The third kappa shape index (κ3) is 3.34. The molecular formula is C23H18FN5OS. The standard InChI is InChI=1S/C23H18FN5OS/c1-13-5-3-6-15-9-18(14(2)28-21-20-22(26-11-25-21)31-12-27-20)29(23(30)19(13)15)17-8-4-7-16(24)10-17/h3-12,14H,1-2H3,(H,25,26,28)/t14-/m0/s1. The summed E-state index contributed by atoms with van der Waals surface area (Å²) in [4.78, 5) is 27.3. The maximum atomic E-state index is 14.0. The molecule has 6 nitrogen and oxygen atoms in total. The van der Waals surface area contributed by atoms with Gasteiger partial charge in [0.2, 0.25) is 0 Å². The molecule has 0 aliphatic heterocycles. The number of halogens is 1. The average molecular weight is 431 g/mol. The Morgan fingerprint density at radius 2 is 1.94 bits per heavy atom. The summed E-state index contributed by atoms with van der Waals surface area (Å²) in [6, 6.07) is 13.5. The first-order valence-electron chi connectivity index (χ1n) is 9.75. The second kappa shape index (κ2) is 7.55. The van der Waals surface area contributed by atoms with Crippen LogP contribution in [0.2, 0.25) is 0 Å². The molecule has 2 aromatic carbocycles. The van der Waals surface area contributed by atoms with Crippen LogP contribution in [0.15, 0.2) is 65.2 Å². The van der Waals surface area contributed by atoms with Gasteiger partial charge in [0.05, 0.1) is 22.6 Å². The fraction of sp³-hybridized carbons (Fsp3) is 0.130. The molecule has 0 aliphatic rings. The van der Waals surface area contributed by atoms with Gasteiger partial charge in [-0.15, -0.1) is 11.3 Å². The molecule has 1 atom stereocenters. The van der Waals surface area contributed by atoms with Crippen LogP contribution >= 0.6 is 11.3 Å². The fourth-order valence-corrected chi connectivity index (χ4v) is 4.46. The van der Waals surface area contributed by atoms with Crippen molar-refractivity contribution in [2.45, 2.75) is 19.9 Å². The Hall–Kier alpha value is -3.65. The van der Waals surface area contributed by atoms with Gasteiger partial charge in [-0.05, 0) is 49.1 Å². The number of nitrogens with zero attached hydrogens (tertiary/aromatic N) is 4. The lowest BCUT2D eigenvalue weighted by molar-refractivity contribution is 0.625. The predicted octanol–water partition coefficient (Wildman–Crippen LogP) is 5.01. The Bertz CT molecular complexity index is 1490. The summed E-state index contributed by atoms with van der Waals surface area (Å²) >= 11 is 1.43. The van der Waals surface area contributed by atoms with E-state index in [-0.39, 0.29) is 11.6 Å². The van der Waals surface area contributed by atoms with Gasteiger partial charge in [-0.25, -0.2) is 19.3 Å². The maximum Gasteiger partial charge on any atom is 0.263 e. The zero-order valence-electron chi connectivity index (χ0n) is 16.8. The fourth-order valence-electron chi connectivity index (χ4n) is 3.83. The van der Waals surface area contributed by atoms with Crippen molar-refractivity contribution >= 4 is 38.3 Å². The normalized spacial score (nSPS) is 12.4. The molecule has 3 aromatic heterocycles. The Labute approximate surface area is 181 Å². The maximum absolute atomic E-state index is 14.0. The number of aryl methyl sites for hydroxylation is 1. The summed E-state index contributed by atoms with van der Waals surface area (Å²) < 4.78 is 15.6. The van der Waals surface area contributed by atoms with Crippen LogP contribution in [0, 0.1) is 12.7 Å². The molecule has 1 N–H and O–H groups in total. The van der Waals surface area contributed by atoms with Gasteiger partial charge in [0.15, 0.2) is 5.82 Å². The Morgan fingerprint density at radius 1 is 1.10 bits per heavy atom. The number of fused-ring (bicyclic) bond motifs is 2. The van der Waals surface area contributed by atoms with Crippen LogP contribution in [0.25, 0.3) is 26.8 Å². The van der Waals surface area contributed by atoms with Crippen molar-refractivity contribution in [1.82, 2.24) is 19.5 Å². The number of rotatable bonds is 4. The number of aromatic nitrogens is 4. The molecule has 5 aromatic rings. The highest BCUT2D eigenvalue weighted by molar-refractivity contribution is 7.16. The number of anilines is 1. The lowest BCUT2D eigenvalue weighted by Gasteiger charge is -2.22. The van der Waals surface area contributed by atoms with Crippen LogP contribution in [0.3, 0.4) is 0 Å². The van der Waals surface area contributed by atoms with E-state index in [0.717, 1.165) is 15.8 Å². The molecule has 8 heteroatoms. The number of hydrogen-bond acceptors (Lipinski definition) is 6. The van der Waals surface area contributed by atoms with Gasteiger partial charge in [0.1, 0.15) is 22.5 Å². The van der Waals surface area contributed by atoms with E-state index in [1.165, 1.54) is 29.8 Å². The summed E-state index contributed by atoms with van der Waals surface area (Å²) in [5.74, 6) is 0.183. The van der Waals surface area contributed by atoms with Crippen LogP contribution in [-0.2, 0) is 0 Å². The second-order valence-electron chi connectivity index (χ2n) is 7.32. The molecule has 0 saturated carbocycles. The first-order valence-corrected chi connectivity index (χ1v) is 10.6. The van der Waals surface area contributed by atoms with Gasteiger partial charge in [-0.2, -0.15) is 0 Å². The summed E-state index contributed by atoms with van der Waals surface area (Å²) in [5, 5.41) is 4.81. The number of pyridine rings is 1. The molecule has 0 unspecified atom stereocenters. The number of benzene rings is 2. The van der Waals surface area contributed by atoms with Gasteiger partial charge in [-0.1, -0.05) is 24.3 Å². The van der Waals surface area contributed by atoms with E-state index in [1.54, 1.807) is 22.2 Å². The summed E-state index contributed by atoms with van der Waals surface area (Å²) in [6.45, 7) is 3.84. The minimum Gasteiger partial charge on any atom is -0.360 e. The average Bonchev–Trinajstić information content (AvgIpc) is 3.23. The molecule has 0 spiro atoms. The van der Waals surface area contributed by atoms with Gasteiger partial charge in [0.25, 0.3) is 5.56 Å². The van der Waals surface area contributed by atoms with Crippen LogP contribution in [0.4, 0.5) is 10.2 Å². The van der Waals surface area contributed by atoms with Crippen molar-refractivity contribution in [3.8, 4) is 5.69 Å². The lowest BCUT2D eigenvalue weighted by atomic mass is 10.0. The predicted molar refractivity (Wildman–Crippen MR) is 121 cm³/mol. The van der Waals surface area contributed by atoms with Crippen LogP contribution in [-0.4, -0.2) is 19.5 Å². The van der Waals surface area contributed by atoms with Gasteiger partial charge in [-0.3, -0.25) is 9.36 Å². The van der Waals surface area contributed by atoms with E-state index in [1.807, 2.05) is 38.1 Å². The monoisotopic (exact) mass is 431 g/mol. The summed E-state index contributed by atoms with van der Waals surface area (Å²) in [7, 11) is 0. The zero-order valence-corrected chi connectivity index (χ0v) is 17.7. The van der Waals surface area contributed by atoms with Crippen LogP contribution in [0.5, 0.6) is 0 Å². The van der Waals surface area contributed by atoms with E-state index in [2.05, 4.69) is 20.3 Å². The van der Waals surface area contributed by atoms with Gasteiger partial charge in [0, 0.05) is 5.69 Å². The molecule has 3 heterocycles. The van der Waals surface area contributed by atoms with E-state index in [0.29, 0.717) is 28.1 Å².